The van der Waals surface area contributed by atoms with E-state index >= 15 is 0 Å². The molecule has 0 saturated carbocycles. The van der Waals surface area contributed by atoms with E-state index in [-0.39, 0.29) is 18.8 Å². The monoisotopic (exact) mass is 330 g/mol. The van der Waals surface area contributed by atoms with Gasteiger partial charge in [-0.25, -0.2) is 0 Å². The van der Waals surface area contributed by atoms with Crippen molar-refractivity contribution < 1.29 is 19.4 Å². The zero-order valence-corrected chi connectivity index (χ0v) is 13.0. The molecule has 5 heteroatoms. The Bertz CT molecular complexity index is 703. The van der Waals surface area contributed by atoms with E-state index < -0.39 is 5.97 Å². The molecule has 23 heavy (non-hydrogen) atoms. The zero-order valence-electron chi connectivity index (χ0n) is 12.2. The zero-order chi connectivity index (χ0) is 16.7. The normalized spacial score (nSPS) is 10.7. The number of ether oxygens (including phenoxy) is 1. The van der Waals surface area contributed by atoms with Crippen molar-refractivity contribution >= 4 is 29.4 Å². The second-order valence-electron chi connectivity index (χ2n) is 4.77. The van der Waals surface area contributed by atoms with E-state index in [4.69, 9.17) is 21.4 Å². The highest BCUT2D eigenvalue weighted by Gasteiger charge is 2.01. The Morgan fingerprint density at radius 1 is 1.04 bits per heavy atom. The summed E-state index contributed by atoms with van der Waals surface area (Å²) in [6.45, 7) is 0.125. The average Bonchev–Trinajstić information content (AvgIpc) is 2.54. The van der Waals surface area contributed by atoms with Gasteiger partial charge in [0, 0.05) is 10.6 Å². The first-order valence-corrected chi connectivity index (χ1v) is 7.35. The molecule has 0 radical (unpaired) electrons. The summed E-state index contributed by atoms with van der Waals surface area (Å²) in [4.78, 5) is 22.4. The Kier molecular flexibility index (Phi) is 5.94. The maximum absolute atomic E-state index is 12.0. The van der Waals surface area contributed by atoms with Crippen molar-refractivity contribution in [1.29, 1.82) is 0 Å². The third kappa shape index (κ3) is 5.60. The van der Waals surface area contributed by atoms with Crippen LogP contribution in [0.1, 0.15) is 22.3 Å². The largest absolute Gasteiger partial charge is 0.493 e. The molecular formula is C18H15ClO4. The molecule has 1 N–H and O–H groups in total. The summed E-state index contributed by atoms with van der Waals surface area (Å²) in [6.07, 6.45) is 3.15. The number of carboxylic acids is 1. The average molecular weight is 331 g/mol. The fraction of sp³-hybridized carbons (Fsp3) is 0.111. The van der Waals surface area contributed by atoms with Crippen LogP contribution < -0.4 is 4.74 Å². The summed E-state index contributed by atoms with van der Waals surface area (Å²) in [5, 5.41) is 9.13. The number of allylic oxidation sites excluding steroid dienone is 1. The molecule has 2 rings (SSSR count). The van der Waals surface area contributed by atoms with Crippen molar-refractivity contribution in [2.75, 3.05) is 6.61 Å². The van der Waals surface area contributed by atoms with Gasteiger partial charge in [0.2, 0.25) is 0 Å². The van der Waals surface area contributed by atoms with E-state index in [1.54, 1.807) is 54.6 Å². The summed E-state index contributed by atoms with van der Waals surface area (Å²) < 4.78 is 5.29. The summed E-state index contributed by atoms with van der Waals surface area (Å²) in [5.74, 6) is -0.416. The van der Waals surface area contributed by atoms with E-state index in [2.05, 4.69) is 0 Å². The lowest BCUT2D eigenvalue weighted by Crippen LogP contribution is -2.04. The predicted octanol–water partition coefficient (Wildman–Crippen LogP) is 4.09. The number of carbonyl (C=O) groups is 2. The fourth-order valence-corrected chi connectivity index (χ4v) is 1.94. The van der Waals surface area contributed by atoms with Crippen molar-refractivity contribution in [1.82, 2.24) is 0 Å². The van der Waals surface area contributed by atoms with Crippen molar-refractivity contribution in [3.05, 3.63) is 70.8 Å². The standard InChI is InChI=1S/C18H15ClO4/c19-15-6-4-14(5-7-15)17(20)10-3-13-1-8-16(9-2-13)23-12-11-18(21)22/h1-10H,11-12H2,(H,21,22)/b10-3+. The summed E-state index contributed by atoms with van der Waals surface area (Å²) >= 11 is 5.78. The highest BCUT2D eigenvalue weighted by Crippen LogP contribution is 2.15. The number of carboxylic acid groups (broad SMARTS) is 1. The Hall–Kier alpha value is -2.59. The van der Waals surface area contributed by atoms with Gasteiger partial charge in [0.15, 0.2) is 5.78 Å². The van der Waals surface area contributed by atoms with Crippen molar-refractivity contribution in [2.45, 2.75) is 6.42 Å². The van der Waals surface area contributed by atoms with Crippen LogP contribution >= 0.6 is 11.6 Å². The van der Waals surface area contributed by atoms with Crippen LogP contribution in [0.4, 0.5) is 0 Å². The molecule has 0 aliphatic carbocycles. The SMILES string of the molecule is O=C(O)CCOc1ccc(/C=C/C(=O)c2ccc(Cl)cc2)cc1. The van der Waals surface area contributed by atoms with E-state index in [0.717, 1.165) is 5.56 Å². The summed E-state index contributed by atoms with van der Waals surface area (Å²) in [5.41, 5.74) is 1.41. The van der Waals surface area contributed by atoms with Crippen LogP contribution in [-0.4, -0.2) is 23.5 Å². The second-order valence-corrected chi connectivity index (χ2v) is 5.20. The molecule has 2 aromatic rings. The Labute approximate surface area is 139 Å². The summed E-state index contributed by atoms with van der Waals surface area (Å²) in [6, 6.07) is 13.7. The third-order valence-corrected chi connectivity index (χ3v) is 3.27. The van der Waals surface area contributed by atoms with Gasteiger partial charge in [-0.2, -0.15) is 0 Å². The van der Waals surface area contributed by atoms with E-state index in [1.165, 1.54) is 6.08 Å². The van der Waals surface area contributed by atoms with Gasteiger partial charge in [0.05, 0.1) is 13.0 Å². The van der Waals surface area contributed by atoms with Crippen LogP contribution in [0.5, 0.6) is 5.75 Å². The molecule has 4 nitrogen and oxygen atoms in total. The topological polar surface area (TPSA) is 63.6 Å². The first-order valence-electron chi connectivity index (χ1n) is 6.97. The fourth-order valence-electron chi connectivity index (χ4n) is 1.81. The molecule has 0 heterocycles. The van der Waals surface area contributed by atoms with Gasteiger partial charge in [0.25, 0.3) is 0 Å². The lowest BCUT2D eigenvalue weighted by atomic mass is 10.1. The molecule has 0 unspecified atom stereocenters. The maximum Gasteiger partial charge on any atom is 0.306 e. The quantitative estimate of drug-likeness (QED) is 0.613. The highest BCUT2D eigenvalue weighted by molar-refractivity contribution is 6.30. The molecule has 0 amide bonds. The number of benzene rings is 2. The van der Waals surface area contributed by atoms with Crippen LogP contribution in [0.2, 0.25) is 5.02 Å². The number of hydrogen-bond donors (Lipinski definition) is 1. The number of ketones is 1. The highest BCUT2D eigenvalue weighted by atomic mass is 35.5. The number of aliphatic carboxylic acids is 1. The molecule has 118 valence electrons. The van der Waals surface area contributed by atoms with Gasteiger partial charge in [-0.3, -0.25) is 9.59 Å². The number of carbonyl (C=O) groups excluding carboxylic acids is 1. The summed E-state index contributed by atoms with van der Waals surface area (Å²) in [7, 11) is 0. The van der Waals surface area contributed by atoms with Crippen molar-refractivity contribution in [3.63, 3.8) is 0 Å². The van der Waals surface area contributed by atoms with E-state index in [9.17, 15) is 9.59 Å². The van der Waals surface area contributed by atoms with Gasteiger partial charge in [0.1, 0.15) is 5.75 Å². The van der Waals surface area contributed by atoms with E-state index in [0.29, 0.717) is 16.3 Å². The number of rotatable bonds is 7. The minimum Gasteiger partial charge on any atom is -0.493 e. The number of halogens is 1. The Morgan fingerprint density at radius 3 is 2.30 bits per heavy atom. The van der Waals surface area contributed by atoms with Crippen LogP contribution in [0.3, 0.4) is 0 Å². The molecule has 0 aliphatic rings. The molecule has 2 aromatic carbocycles. The second kappa shape index (κ2) is 8.15. The van der Waals surface area contributed by atoms with Crippen LogP contribution in [-0.2, 0) is 4.79 Å². The van der Waals surface area contributed by atoms with Crippen LogP contribution in [0.25, 0.3) is 6.08 Å². The minimum atomic E-state index is -0.898. The van der Waals surface area contributed by atoms with Gasteiger partial charge in [-0.15, -0.1) is 0 Å². The number of hydrogen-bond acceptors (Lipinski definition) is 3. The van der Waals surface area contributed by atoms with Gasteiger partial charge >= 0.3 is 5.97 Å². The van der Waals surface area contributed by atoms with E-state index in [1.807, 2.05) is 0 Å². The van der Waals surface area contributed by atoms with Crippen molar-refractivity contribution in [2.24, 2.45) is 0 Å². The van der Waals surface area contributed by atoms with Gasteiger partial charge in [-0.1, -0.05) is 29.8 Å². The molecular weight excluding hydrogens is 316 g/mol. The van der Waals surface area contributed by atoms with Gasteiger partial charge in [-0.05, 0) is 48.0 Å². The molecule has 0 atom stereocenters. The Balaban J connectivity index is 1.93. The molecule has 0 fully saturated rings. The molecule has 0 bridgehead atoms. The third-order valence-electron chi connectivity index (χ3n) is 3.02. The smallest absolute Gasteiger partial charge is 0.306 e. The molecule has 0 aliphatic heterocycles. The van der Waals surface area contributed by atoms with Crippen LogP contribution in [0, 0.1) is 0 Å². The Morgan fingerprint density at radius 2 is 1.70 bits per heavy atom. The van der Waals surface area contributed by atoms with Gasteiger partial charge < -0.3 is 9.84 Å². The first kappa shape index (κ1) is 16.8. The predicted molar refractivity (Wildman–Crippen MR) is 89.0 cm³/mol. The molecule has 0 spiro atoms. The maximum atomic E-state index is 12.0. The molecule has 0 saturated heterocycles. The van der Waals surface area contributed by atoms with Crippen LogP contribution in [0.15, 0.2) is 54.6 Å². The van der Waals surface area contributed by atoms with Crippen molar-refractivity contribution in [3.8, 4) is 5.75 Å². The lowest BCUT2D eigenvalue weighted by Gasteiger charge is -2.04. The minimum absolute atomic E-state index is 0.0444. The lowest BCUT2D eigenvalue weighted by molar-refractivity contribution is -0.137. The first-order chi connectivity index (χ1) is 11.0. The molecule has 0 aromatic heterocycles.